The maximum absolute atomic E-state index is 6.32. The Kier molecular flexibility index (Phi) is 4.34. The van der Waals surface area contributed by atoms with Gasteiger partial charge in [-0.2, -0.15) is 0 Å². The van der Waals surface area contributed by atoms with Gasteiger partial charge in [-0.05, 0) is 37.1 Å². The second-order valence-corrected chi connectivity index (χ2v) is 6.00. The summed E-state index contributed by atoms with van der Waals surface area (Å²) in [6, 6.07) is 4.32. The number of nitrogens with zero attached hydrogens (tertiary/aromatic N) is 1. The molecule has 1 saturated heterocycles. The van der Waals surface area contributed by atoms with Crippen molar-refractivity contribution in [3.8, 4) is 11.5 Å². The second kappa shape index (κ2) is 6.20. The molecule has 0 unspecified atom stereocenters. The van der Waals surface area contributed by atoms with Crippen LogP contribution in [-0.2, 0) is 6.54 Å². The molecule has 0 saturated carbocycles. The average molecular weight is 297 g/mol. The highest BCUT2D eigenvalue weighted by atomic mass is 35.5. The normalized spacial score (nSPS) is 23.4. The third kappa shape index (κ3) is 3.19. The number of hydrogen-bond donors (Lipinski definition) is 1. The maximum Gasteiger partial charge on any atom is 0.179 e. The Balaban J connectivity index is 1.76. The molecule has 0 aliphatic carbocycles. The molecule has 3 rings (SSSR count). The van der Waals surface area contributed by atoms with Crippen molar-refractivity contribution in [2.75, 3.05) is 26.3 Å². The molecule has 110 valence electrons. The number of piperidine rings is 1. The summed E-state index contributed by atoms with van der Waals surface area (Å²) in [6.45, 7) is 4.25. The van der Waals surface area contributed by atoms with Crippen LogP contribution >= 0.6 is 11.6 Å². The molecule has 2 heterocycles. The minimum absolute atomic E-state index is 0.291. The summed E-state index contributed by atoms with van der Waals surface area (Å²) in [4.78, 5) is 2.38. The quantitative estimate of drug-likeness (QED) is 0.910. The number of halogens is 1. The van der Waals surface area contributed by atoms with Crippen LogP contribution in [0.4, 0.5) is 0 Å². The standard InChI is InChI=1S/C15H21ClN2O2/c16-13-7-11(9-18-4-1-3-12(17)10-18)8-14-15(13)20-6-2-5-19-14/h7-8,12H,1-6,9-10,17H2/t12-/m1/s1. The molecule has 0 aromatic heterocycles. The molecule has 4 nitrogen and oxygen atoms in total. The van der Waals surface area contributed by atoms with Crippen molar-refractivity contribution in [2.24, 2.45) is 5.73 Å². The third-order valence-electron chi connectivity index (χ3n) is 3.81. The number of fused-ring (bicyclic) bond motifs is 1. The number of ether oxygens (including phenoxy) is 2. The molecular formula is C15H21ClN2O2. The van der Waals surface area contributed by atoms with Crippen LogP contribution in [0.1, 0.15) is 24.8 Å². The van der Waals surface area contributed by atoms with Gasteiger partial charge in [-0.25, -0.2) is 0 Å². The van der Waals surface area contributed by atoms with E-state index in [1.54, 1.807) is 0 Å². The van der Waals surface area contributed by atoms with Gasteiger partial charge >= 0.3 is 0 Å². The minimum atomic E-state index is 0.291. The molecule has 1 aromatic rings. The van der Waals surface area contributed by atoms with E-state index in [2.05, 4.69) is 4.90 Å². The number of benzene rings is 1. The Morgan fingerprint density at radius 3 is 2.95 bits per heavy atom. The zero-order valence-corrected chi connectivity index (χ0v) is 12.4. The zero-order valence-electron chi connectivity index (χ0n) is 11.6. The summed E-state index contributed by atoms with van der Waals surface area (Å²) in [5.41, 5.74) is 7.19. The Morgan fingerprint density at radius 2 is 2.10 bits per heavy atom. The van der Waals surface area contributed by atoms with E-state index in [-0.39, 0.29) is 0 Å². The summed E-state index contributed by atoms with van der Waals surface area (Å²) in [5.74, 6) is 1.45. The first-order chi connectivity index (χ1) is 9.72. The van der Waals surface area contributed by atoms with E-state index in [1.165, 1.54) is 6.42 Å². The highest BCUT2D eigenvalue weighted by Crippen LogP contribution is 2.38. The summed E-state index contributed by atoms with van der Waals surface area (Å²) < 4.78 is 11.4. The van der Waals surface area contributed by atoms with Crippen molar-refractivity contribution < 1.29 is 9.47 Å². The first kappa shape index (κ1) is 14.0. The fourth-order valence-corrected chi connectivity index (χ4v) is 3.16. The van der Waals surface area contributed by atoms with E-state index in [1.807, 2.05) is 12.1 Å². The third-order valence-corrected chi connectivity index (χ3v) is 4.09. The first-order valence-corrected chi connectivity index (χ1v) is 7.66. The van der Waals surface area contributed by atoms with Crippen LogP contribution in [-0.4, -0.2) is 37.2 Å². The van der Waals surface area contributed by atoms with Crippen molar-refractivity contribution in [3.63, 3.8) is 0 Å². The number of likely N-dealkylation sites (tertiary alicyclic amines) is 1. The van der Waals surface area contributed by atoms with Gasteiger partial charge in [0.1, 0.15) is 0 Å². The average Bonchev–Trinajstić information content (AvgIpc) is 2.64. The molecule has 0 amide bonds. The fourth-order valence-electron chi connectivity index (χ4n) is 2.87. The van der Waals surface area contributed by atoms with E-state index in [4.69, 9.17) is 26.8 Å². The van der Waals surface area contributed by atoms with Crippen LogP contribution in [0.25, 0.3) is 0 Å². The van der Waals surface area contributed by atoms with Gasteiger partial charge in [0.05, 0.1) is 18.2 Å². The molecule has 1 fully saturated rings. The lowest BCUT2D eigenvalue weighted by molar-refractivity contribution is 0.201. The molecule has 2 aliphatic heterocycles. The van der Waals surface area contributed by atoms with Crippen LogP contribution in [0.2, 0.25) is 5.02 Å². The van der Waals surface area contributed by atoms with Crippen LogP contribution < -0.4 is 15.2 Å². The van der Waals surface area contributed by atoms with Crippen molar-refractivity contribution in [1.29, 1.82) is 0 Å². The van der Waals surface area contributed by atoms with Gasteiger partial charge in [0, 0.05) is 25.6 Å². The minimum Gasteiger partial charge on any atom is -0.489 e. The van der Waals surface area contributed by atoms with Crippen molar-refractivity contribution in [2.45, 2.75) is 31.8 Å². The van der Waals surface area contributed by atoms with Crippen molar-refractivity contribution >= 4 is 11.6 Å². The van der Waals surface area contributed by atoms with Crippen molar-refractivity contribution in [3.05, 3.63) is 22.7 Å². The number of hydrogen-bond acceptors (Lipinski definition) is 4. The van der Waals surface area contributed by atoms with Crippen LogP contribution in [0, 0.1) is 0 Å². The van der Waals surface area contributed by atoms with E-state index >= 15 is 0 Å². The zero-order chi connectivity index (χ0) is 13.9. The number of nitrogens with two attached hydrogens (primary N) is 1. The van der Waals surface area contributed by atoms with Crippen LogP contribution in [0.3, 0.4) is 0 Å². The number of rotatable bonds is 2. The van der Waals surface area contributed by atoms with Gasteiger partial charge in [-0.15, -0.1) is 0 Å². The maximum atomic E-state index is 6.32. The van der Waals surface area contributed by atoms with Gasteiger partial charge in [-0.3, -0.25) is 4.90 Å². The smallest absolute Gasteiger partial charge is 0.179 e. The highest BCUT2D eigenvalue weighted by molar-refractivity contribution is 6.32. The first-order valence-electron chi connectivity index (χ1n) is 7.28. The van der Waals surface area contributed by atoms with Crippen molar-refractivity contribution in [1.82, 2.24) is 4.90 Å². The molecule has 5 heteroatoms. The highest BCUT2D eigenvalue weighted by Gasteiger charge is 2.19. The predicted molar refractivity (Wildman–Crippen MR) is 79.5 cm³/mol. The topological polar surface area (TPSA) is 47.7 Å². The van der Waals surface area contributed by atoms with Gasteiger partial charge in [0.15, 0.2) is 11.5 Å². The Bertz CT molecular complexity index is 481. The molecule has 0 bridgehead atoms. The summed E-state index contributed by atoms with van der Waals surface area (Å²) in [6.07, 6.45) is 3.18. The summed E-state index contributed by atoms with van der Waals surface area (Å²) in [7, 11) is 0. The Labute approximate surface area is 124 Å². The van der Waals surface area contributed by atoms with E-state index < -0.39 is 0 Å². The van der Waals surface area contributed by atoms with Gasteiger partial charge < -0.3 is 15.2 Å². The lowest BCUT2D eigenvalue weighted by Gasteiger charge is -2.30. The largest absolute Gasteiger partial charge is 0.489 e. The Hall–Kier alpha value is -0.970. The molecule has 1 aromatic carbocycles. The molecule has 2 N–H and O–H groups in total. The summed E-state index contributed by atoms with van der Waals surface area (Å²) in [5, 5.41) is 0.640. The van der Waals surface area contributed by atoms with E-state index in [0.717, 1.165) is 43.8 Å². The van der Waals surface area contributed by atoms with E-state index in [0.29, 0.717) is 30.0 Å². The van der Waals surface area contributed by atoms with Gasteiger partial charge in [0.2, 0.25) is 0 Å². The SMILES string of the molecule is N[C@@H]1CCCN(Cc2cc(Cl)c3c(c2)OCCCO3)C1. The fraction of sp³-hybridized carbons (Fsp3) is 0.600. The lowest BCUT2D eigenvalue weighted by Crippen LogP contribution is -2.42. The lowest BCUT2D eigenvalue weighted by atomic mass is 10.1. The van der Waals surface area contributed by atoms with E-state index in [9.17, 15) is 0 Å². The molecule has 1 atom stereocenters. The monoisotopic (exact) mass is 296 g/mol. The predicted octanol–water partition coefficient (Wildman–Crippen LogP) is 2.42. The second-order valence-electron chi connectivity index (χ2n) is 5.59. The van der Waals surface area contributed by atoms with Crippen LogP contribution in [0.15, 0.2) is 12.1 Å². The van der Waals surface area contributed by atoms with Gasteiger partial charge in [-0.1, -0.05) is 11.6 Å². The van der Waals surface area contributed by atoms with Crippen LogP contribution in [0.5, 0.6) is 11.5 Å². The molecule has 2 aliphatic rings. The molecule has 0 radical (unpaired) electrons. The summed E-state index contributed by atoms with van der Waals surface area (Å²) >= 11 is 6.32. The molecular weight excluding hydrogens is 276 g/mol. The Morgan fingerprint density at radius 1 is 1.25 bits per heavy atom. The molecule has 0 spiro atoms. The van der Waals surface area contributed by atoms with Gasteiger partial charge in [0.25, 0.3) is 0 Å². The molecule has 20 heavy (non-hydrogen) atoms.